The number of alkyl halides is 2. The van der Waals surface area contributed by atoms with E-state index in [1.807, 2.05) is 6.07 Å². The number of benzene rings is 2. The monoisotopic (exact) mass is 412 g/mol. The number of hydrogen-bond acceptors (Lipinski definition) is 6. The van der Waals surface area contributed by atoms with Gasteiger partial charge < -0.3 is 14.8 Å². The summed E-state index contributed by atoms with van der Waals surface area (Å²) in [7, 11) is 0. The average Bonchev–Trinajstić information content (AvgIpc) is 3.02. The van der Waals surface area contributed by atoms with Crippen LogP contribution in [0.3, 0.4) is 0 Å². The van der Waals surface area contributed by atoms with Crippen LogP contribution in [-0.4, -0.2) is 22.2 Å². The minimum atomic E-state index is -3.82. The number of amides is 1. The van der Waals surface area contributed by atoms with Crippen LogP contribution in [0.4, 0.5) is 19.0 Å². The van der Waals surface area contributed by atoms with Gasteiger partial charge in [0.25, 0.3) is 5.91 Å². The first-order valence-electron chi connectivity index (χ1n) is 8.49. The maximum absolute atomic E-state index is 13.4. The Morgan fingerprint density at radius 1 is 1.13 bits per heavy atom. The van der Waals surface area contributed by atoms with Gasteiger partial charge in [0.1, 0.15) is 5.82 Å². The highest BCUT2D eigenvalue weighted by Crippen LogP contribution is 2.44. The van der Waals surface area contributed by atoms with E-state index >= 15 is 0 Å². The SMILES string of the molecule is Cc1ccc(F)cc1C(=O)Nc1cnc(-c2cc3c(cc2C#N)OC(F)(F)O3)cn1. The lowest BCUT2D eigenvalue weighted by Crippen LogP contribution is -2.25. The Bertz CT molecular complexity index is 1210. The molecule has 4 rings (SSSR count). The van der Waals surface area contributed by atoms with Crippen molar-refractivity contribution in [3.05, 3.63) is 65.2 Å². The lowest BCUT2D eigenvalue weighted by molar-refractivity contribution is -0.286. The molecule has 0 spiro atoms. The van der Waals surface area contributed by atoms with E-state index in [9.17, 15) is 23.2 Å². The molecule has 7 nitrogen and oxygen atoms in total. The first-order chi connectivity index (χ1) is 14.3. The Kier molecular flexibility index (Phi) is 4.50. The smallest absolute Gasteiger partial charge is 0.395 e. The second-order valence-corrected chi connectivity index (χ2v) is 6.32. The quantitative estimate of drug-likeness (QED) is 0.698. The number of fused-ring (bicyclic) bond motifs is 1. The molecule has 1 amide bonds. The second-order valence-electron chi connectivity index (χ2n) is 6.32. The zero-order valence-electron chi connectivity index (χ0n) is 15.2. The molecule has 1 aromatic heterocycles. The van der Waals surface area contributed by atoms with Crippen LogP contribution in [0.2, 0.25) is 0 Å². The summed E-state index contributed by atoms with van der Waals surface area (Å²) in [5.74, 6) is -1.54. The molecule has 3 aromatic rings. The molecular weight excluding hydrogens is 401 g/mol. The van der Waals surface area contributed by atoms with Gasteiger partial charge in [0.15, 0.2) is 17.3 Å². The van der Waals surface area contributed by atoms with Crippen LogP contribution in [-0.2, 0) is 0 Å². The number of nitrogens with one attached hydrogen (secondary N) is 1. The van der Waals surface area contributed by atoms with Gasteiger partial charge in [0.05, 0.1) is 29.7 Å². The zero-order chi connectivity index (χ0) is 21.5. The Hall–Kier alpha value is -4.13. The molecular formula is C20H11F3N4O3. The van der Waals surface area contributed by atoms with Gasteiger partial charge in [0, 0.05) is 17.2 Å². The highest BCUT2D eigenvalue weighted by atomic mass is 19.3. The summed E-state index contributed by atoms with van der Waals surface area (Å²) < 4.78 is 48.6. The lowest BCUT2D eigenvalue weighted by atomic mass is 10.0. The van der Waals surface area contributed by atoms with Crippen LogP contribution in [0.5, 0.6) is 11.5 Å². The molecule has 0 bridgehead atoms. The highest BCUT2D eigenvalue weighted by Gasteiger charge is 2.44. The molecule has 1 aliphatic heterocycles. The van der Waals surface area contributed by atoms with Gasteiger partial charge in [0.2, 0.25) is 0 Å². The molecule has 0 unspecified atom stereocenters. The van der Waals surface area contributed by atoms with Crippen molar-refractivity contribution in [3.8, 4) is 28.8 Å². The van der Waals surface area contributed by atoms with Gasteiger partial charge in [-0.15, -0.1) is 8.78 Å². The molecule has 2 aromatic carbocycles. The van der Waals surface area contributed by atoms with Crippen LogP contribution >= 0.6 is 0 Å². The predicted octanol–water partition coefficient (Wildman–Crippen LogP) is 4.04. The van der Waals surface area contributed by atoms with Crippen LogP contribution in [0.1, 0.15) is 21.5 Å². The molecule has 10 heteroatoms. The Balaban J connectivity index is 1.60. The average molecular weight is 412 g/mol. The summed E-state index contributed by atoms with van der Waals surface area (Å²) in [6.45, 7) is 1.66. The van der Waals surface area contributed by atoms with Crippen molar-refractivity contribution < 1.29 is 27.4 Å². The third-order valence-electron chi connectivity index (χ3n) is 4.28. The molecule has 0 saturated carbocycles. The summed E-state index contributed by atoms with van der Waals surface area (Å²) in [5.41, 5.74) is 1.13. The molecule has 0 atom stereocenters. The largest absolute Gasteiger partial charge is 0.586 e. The van der Waals surface area contributed by atoms with Crippen LogP contribution < -0.4 is 14.8 Å². The molecule has 0 radical (unpaired) electrons. The normalized spacial score (nSPS) is 13.6. The van der Waals surface area contributed by atoms with Crippen molar-refractivity contribution in [2.75, 3.05) is 5.32 Å². The Morgan fingerprint density at radius 2 is 1.87 bits per heavy atom. The van der Waals surface area contributed by atoms with E-state index in [0.717, 1.165) is 12.1 Å². The first-order valence-corrected chi connectivity index (χ1v) is 8.49. The van der Waals surface area contributed by atoms with Crippen molar-refractivity contribution in [3.63, 3.8) is 0 Å². The van der Waals surface area contributed by atoms with E-state index in [0.29, 0.717) is 5.56 Å². The maximum atomic E-state index is 13.4. The van der Waals surface area contributed by atoms with Crippen molar-refractivity contribution in [1.29, 1.82) is 5.26 Å². The number of ether oxygens (including phenoxy) is 2. The van der Waals surface area contributed by atoms with Gasteiger partial charge in [-0.1, -0.05) is 6.07 Å². The summed E-state index contributed by atoms with van der Waals surface area (Å²) in [4.78, 5) is 20.5. The number of nitriles is 1. The Labute approximate surface area is 167 Å². The minimum absolute atomic E-state index is 0.0246. The van der Waals surface area contributed by atoms with Crippen LogP contribution in [0.25, 0.3) is 11.3 Å². The lowest BCUT2D eigenvalue weighted by Gasteiger charge is -2.08. The minimum Gasteiger partial charge on any atom is -0.395 e. The van der Waals surface area contributed by atoms with E-state index in [4.69, 9.17) is 0 Å². The molecule has 1 N–H and O–H groups in total. The number of aromatic nitrogens is 2. The fraction of sp³-hybridized carbons (Fsp3) is 0.100. The van der Waals surface area contributed by atoms with Gasteiger partial charge >= 0.3 is 6.29 Å². The van der Waals surface area contributed by atoms with Crippen molar-refractivity contribution in [2.24, 2.45) is 0 Å². The summed E-state index contributed by atoms with van der Waals surface area (Å²) in [6, 6.07) is 8.03. The number of carbonyl (C=O) groups is 1. The number of aryl methyl sites for hydroxylation is 1. The number of carbonyl (C=O) groups excluding carboxylic acids is 1. The van der Waals surface area contributed by atoms with Gasteiger partial charge in [-0.05, 0) is 30.7 Å². The fourth-order valence-corrected chi connectivity index (χ4v) is 2.85. The standard InChI is InChI=1S/C20H11F3N4O3/c1-10-2-3-12(21)5-13(10)19(28)27-18-9-25-15(8-26-18)14-6-17-16(4-11(14)7-24)29-20(22,23)30-17/h2-6,8-9H,1H3,(H,26,27,28). The summed E-state index contributed by atoms with van der Waals surface area (Å²) in [5, 5.41) is 11.8. The maximum Gasteiger partial charge on any atom is 0.586 e. The highest BCUT2D eigenvalue weighted by molar-refractivity contribution is 6.04. The van der Waals surface area contributed by atoms with Crippen molar-refractivity contribution >= 4 is 11.7 Å². The van der Waals surface area contributed by atoms with Gasteiger partial charge in [-0.3, -0.25) is 9.78 Å². The first kappa shape index (κ1) is 19.2. The number of rotatable bonds is 3. The summed E-state index contributed by atoms with van der Waals surface area (Å²) >= 11 is 0. The topological polar surface area (TPSA) is 97.1 Å². The molecule has 150 valence electrons. The van der Waals surface area contributed by atoms with Gasteiger partial charge in [-0.2, -0.15) is 5.26 Å². The van der Waals surface area contributed by atoms with Crippen LogP contribution in [0, 0.1) is 24.1 Å². The van der Waals surface area contributed by atoms with Crippen molar-refractivity contribution in [2.45, 2.75) is 13.2 Å². The molecule has 1 aliphatic rings. The zero-order valence-corrected chi connectivity index (χ0v) is 15.2. The number of halogens is 3. The Morgan fingerprint density at radius 3 is 2.53 bits per heavy atom. The third-order valence-corrected chi connectivity index (χ3v) is 4.28. The van der Waals surface area contributed by atoms with E-state index in [-0.39, 0.29) is 39.7 Å². The second kappa shape index (κ2) is 7.04. The van der Waals surface area contributed by atoms with E-state index in [2.05, 4.69) is 24.8 Å². The van der Waals surface area contributed by atoms with E-state index in [1.165, 1.54) is 30.6 Å². The number of hydrogen-bond donors (Lipinski definition) is 1. The van der Waals surface area contributed by atoms with E-state index in [1.54, 1.807) is 6.92 Å². The summed E-state index contributed by atoms with van der Waals surface area (Å²) in [6.07, 6.45) is -1.34. The molecule has 2 heterocycles. The third kappa shape index (κ3) is 3.60. The molecule has 0 fully saturated rings. The van der Waals surface area contributed by atoms with E-state index < -0.39 is 18.0 Å². The molecule has 0 saturated heterocycles. The number of anilines is 1. The molecule has 0 aliphatic carbocycles. The van der Waals surface area contributed by atoms with Crippen LogP contribution in [0.15, 0.2) is 42.7 Å². The fourth-order valence-electron chi connectivity index (χ4n) is 2.85. The van der Waals surface area contributed by atoms with Crippen molar-refractivity contribution in [1.82, 2.24) is 9.97 Å². The number of nitrogens with zero attached hydrogens (tertiary/aromatic N) is 3. The van der Waals surface area contributed by atoms with Gasteiger partial charge in [-0.25, -0.2) is 9.37 Å². The molecule has 30 heavy (non-hydrogen) atoms. The predicted molar refractivity (Wildman–Crippen MR) is 97.5 cm³/mol.